The number of rotatable bonds is 9. The van der Waals surface area contributed by atoms with E-state index in [2.05, 4.69) is 15.5 Å². The molecule has 2 aliphatic heterocycles. The normalized spacial score (nSPS) is 16.9. The number of nitrogens with one attached hydrogen (secondary N) is 2. The number of nitrogens with zero attached hydrogens (tertiary/aromatic N) is 3. The summed E-state index contributed by atoms with van der Waals surface area (Å²) in [7, 11) is 0. The number of anilines is 1. The monoisotopic (exact) mass is 569 g/mol. The summed E-state index contributed by atoms with van der Waals surface area (Å²) in [6, 6.07) is 11.7. The van der Waals surface area contributed by atoms with Crippen LogP contribution < -0.4 is 15.5 Å². The lowest BCUT2D eigenvalue weighted by Crippen LogP contribution is -2.44. The zero-order valence-corrected chi connectivity index (χ0v) is 21.0. The third-order valence-electron chi connectivity index (χ3n) is 5.50. The maximum absolute atomic E-state index is 11.7. The zero-order valence-electron chi connectivity index (χ0n) is 18.7. The highest BCUT2D eigenvalue weighted by atomic mass is 127. The second kappa shape index (κ2) is 13.4. The molecule has 10 heteroatoms. The number of furan rings is 1. The van der Waals surface area contributed by atoms with E-state index in [0.717, 1.165) is 75.3 Å². The Labute approximate surface area is 211 Å². The fourth-order valence-electron chi connectivity index (χ4n) is 3.67. The molecule has 0 spiro atoms. The van der Waals surface area contributed by atoms with E-state index in [9.17, 15) is 4.79 Å². The van der Waals surface area contributed by atoms with Gasteiger partial charge in [0.2, 0.25) is 0 Å². The largest absolute Gasteiger partial charge is 0.469 e. The molecule has 2 aliphatic rings. The van der Waals surface area contributed by atoms with Crippen molar-refractivity contribution in [3.63, 3.8) is 0 Å². The molecular weight excluding hydrogens is 537 g/mol. The van der Waals surface area contributed by atoms with Gasteiger partial charge in [0.15, 0.2) is 5.96 Å². The van der Waals surface area contributed by atoms with Crippen LogP contribution in [-0.4, -0.2) is 76.0 Å². The summed E-state index contributed by atoms with van der Waals surface area (Å²) in [5.74, 6) is 1.72. The SMILES string of the molecule is I.O=C1OCCN1c1ccc(CN=C(NCCc2ccco2)NCCN2CCOCC2)cc1. The highest BCUT2D eigenvalue weighted by Gasteiger charge is 2.23. The van der Waals surface area contributed by atoms with Crippen molar-refractivity contribution in [3.05, 3.63) is 54.0 Å². The highest BCUT2D eigenvalue weighted by Crippen LogP contribution is 2.19. The van der Waals surface area contributed by atoms with Crippen LogP contribution in [0.2, 0.25) is 0 Å². The van der Waals surface area contributed by atoms with Gasteiger partial charge in [0.05, 0.1) is 32.6 Å². The molecule has 0 bridgehead atoms. The van der Waals surface area contributed by atoms with Gasteiger partial charge in [-0.2, -0.15) is 0 Å². The Hall–Kier alpha value is -2.31. The van der Waals surface area contributed by atoms with Crippen LogP contribution in [-0.2, 0) is 22.4 Å². The number of halogens is 1. The molecule has 1 aromatic heterocycles. The number of carbonyl (C=O) groups excluding carboxylic acids is 1. The second-order valence-corrected chi connectivity index (χ2v) is 7.73. The van der Waals surface area contributed by atoms with Crippen LogP contribution in [0, 0.1) is 0 Å². The Morgan fingerprint density at radius 3 is 2.48 bits per heavy atom. The number of benzene rings is 1. The van der Waals surface area contributed by atoms with Gasteiger partial charge in [0.25, 0.3) is 0 Å². The maximum atomic E-state index is 11.7. The van der Waals surface area contributed by atoms with E-state index in [1.165, 1.54) is 0 Å². The summed E-state index contributed by atoms with van der Waals surface area (Å²) in [6.45, 7) is 7.59. The van der Waals surface area contributed by atoms with E-state index in [4.69, 9.17) is 18.9 Å². The van der Waals surface area contributed by atoms with Crippen molar-refractivity contribution < 1.29 is 18.7 Å². The molecule has 0 unspecified atom stereocenters. The summed E-state index contributed by atoms with van der Waals surface area (Å²) in [5.41, 5.74) is 1.92. The van der Waals surface area contributed by atoms with E-state index in [1.54, 1.807) is 11.2 Å². The summed E-state index contributed by atoms with van der Waals surface area (Å²) in [4.78, 5) is 20.5. The molecule has 0 atom stereocenters. The lowest BCUT2D eigenvalue weighted by Gasteiger charge is -2.26. The highest BCUT2D eigenvalue weighted by molar-refractivity contribution is 14.0. The van der Waals surface area contributed by atoms with Crippen LogP contribution >= 0.6 is 24.0 Å². The van der Waals surface area contributed by atoms with Crippen molar-refractivity contribution in [1.29, 1.82) is 0 Å². The van der Waals surface area contributed by atoms with Gasteiger partial charge in [-0.15, -0.1) is 24.0 Å². The van der Waals surface area contributed by atoms with Crippen LogP contribution in [0.15, 0.2) is 52.1 Å². The van der Waals surface area contributed by atoms with Gasteiger partial charge in [-0.3, -0.25) is 9.80 Å². The topological polar surface area (TPSA) is 91.6 Å². The molecule has 2 N–H and O–H groups in total. The minimum Gasteiger partial charge on any atom is -0.469 e. The first-order chi connectivity index (χ1) is 15.8. The van der Waals surface area contributed by atoms with Crippen molar-refractivity contribution in [2.24, 2.45) is 4.99 Å². The van der Waals surface area contributed by atoms with Crippen molar-refractivity contribution in [2.75, 3.05) is 64.0 Å². The Bertz CT molecular complexity index is 869. The van der Waals surface area contributed by atoms with Crippen molar-refractivity contribution >= 4 is 41.7 Å². The second-order valence-electron chi connectivity index (χ2n) is 7.73. The predicted molar refractivity (Wildman–Crippen MR) is 137 cm³/mol. The molecule has 1 amide bonds. The standard InChI is InChI=1S/C23H31N5O4.HI/c29-23-28(13-17-32-23)20-5-3-19(4-6-20)18-26-22(24-8-7-21-2-1-14-31-21)25-9-10-27-11-15-30-16-12-27;/h1-6,14H,7-13,15-18H2,(H2,24,25,26);1H. The van der Waals surface area contributed by atoms with Gasteiger partial charge in [-0.1, -0.05) is 12.1 Å². The number of hydrogen-bond acceptors (Lipinski definition) is 6. The lowest BCUT2D eigenvalue weighted by atomic mass is 10.2. The van der Waals surface area contributed by atoms with Crippen LogP contribution in [0.3, 0.4) is 0 Å². The number of amides is 1. The Balaban J connectivity index is 0.00000306. The number of morpholine rings is 1. The lowest BCUT2D eigenvalue weighted by molar-refractivity contribution is 0.0389. The first-order valence-corrected chi connectivity index (χ1v) is 11.2. The summed E-state index contributed by atoms with van der Waals surface area (Å²) < 4.78 is 15.8. The molecule has 2 aromatic rings. The Morgan fingerprint density at radius 1 is 1.00 bits per heavy atom. The average molecular weight is 569 g/mol. The molecule has 0 saturated carbocycles. The molecule has 2 fully saturated rings. The third kappa shape index (κ3) is 7.90. The van der Waals surface area contributed by atoms with E-state index in [0.29, 0.717) is 19.7 Å². The zero-order chi connectivity index (χ0) is 22.0. The molecule has 2 saturated heterocycles. The number of aliphatic imine (C=N–C) groups is 1. The average Bonchev–Trinajstić information content (AvgIpc) is 3.50. The molecule has 0 aliphatic carbocycles. The first-order valence-electron chi connectivity index (χ1n) is 11.2. The molecule has 0 radical (unpaired) electrons. The molecule has 1 aromatic carbocycles. The molecule has 33 heavy (non-hydrogen) atoms. The van der Waals surface area contributed by atoms with Crippen molar-refractivity contribution in [3.8, 4) is 0 Å². The fraction of sp³-hybridized carbons (Fsp3) is 0.478. The summed E-state index contributed by atoms with van der Waals surface area (Å²) in [5, 5.41) is 6.83. The van der Waals surface area contributed by atoms with E-state index in [-0.39, 0.29) is 30.1 Å². The van der Waals surface area contributed by atoms with Gasteiger partial charge >= 0.3 is 6.09 Å². The van der Waals surface area contributed by atoms with E-state index >= 15 is 0 Å². The number of guanidine groups is 1. The molecule has 4 rings (SSSR count). The Morgan fingerprint density at radius 2 is 1.79 bits per heavy atom. The Kier molecular flexibility index (Phi) is 10.3. The first kappa shape index (κ1) is 25.3. The maximum Gasteiger partial charge on any atom is 0.414 e. The quantitative estimate of drug-likeness (QED) is 0.273. The van der Waals surface area contributed by atoms with Crippen LogP contribution in [0.25, 0.3) is 0 Å². The van der Waals surface area contributed by atoms with Crippen molar-refractivity contribution in [1.82, 2.24) is 15.5 Å². The summed E-state index contributed by atoms with van der Waals surface area (Å²) >= 11 is 0. The van der Waals surface area contributed by atoms with E-state index in [1.807, 2.05) is 36.4 Å². The summed E-state index contributed by atoms with van der Waals surface area (Å²) in [6.07, 6.45) is 2.19. The van der Waals surface area contributed by atoms with Gasteiger partial charge < -0.3 is 24.5 Å². The molecule has 3 heterocycles. The van der Waals surface area contributed by atoms with E-state index < -0.39 is 0 Å². The minimum atomic E-state index is -0.289. The van der Waals surface area contributed by atoms with Crippen LogP contribution in [0.4, 0.5) is 10.5 Å². The number of ether oxygens (including phenoxy) is 2. The van der Waals surface area contributed by atoms with Gasteiger partial charge in [0.1, 0.15) is 12.4 Å². The molecule has 9 nitrogen and oxygen atoms in total. The van der Waals surface area contributed by atoms with Crippen LogP contribution in [0.5, 0.6) is 0 Å². The minimum absolute atomic E-state index is 0. The smallest absolute Gasteiger partial charge is 0.414 e. The molecular formula is C23H32IN5O4. The number of hydrogen-bond donors (Lipinski definition) is 2. The third-order valence-corrected chi connectivity index (χ3v) is 5.50. The molecule has 180 valence electrons. The fourth-order valence-corrected chi connectivity index (χ4v) is 3.67. The van der Waals surface area contributed by atoms with Crippen molar-refractivity contribution in [2.45, 2.75) is 13.0 Å². The van der Waals surface area contributed by atoms with Gasteiger partial charge in [0, 0.05) is 44.8 Å². The van der Waals surface area contributed by atoms with Gasteiger partial charge in [-0.25, -0.2) is 9.79 Å². The van der Waals surface area contributed by atoms with Crippen LogP contribution in [0.1, 0.15) is 11.3 Å². The van der Waals surface area contributed by atoms with Gasteiger partial charge in [-0.05, 0) is 29.8 Å². The number of cyclic esters (lactones) is 1. The number of carbonyl (C=O) groups is 1. The predicted octanol–water partition coefficient (Wildman–Crippen LogP) is 2.46.